The molecular formula is C25H28N2O. The highest BCUT2D eigenvalue weighted by Crippen LogP contribution is 2.52. The van der Waals surface area contributed by atoms with Crippen molar-refractivity contribution in [3.8, 4) is 11.5 Å². The largest absolute Gasteiger partial charge is 0.453 e. The molecular weight excluding hydrogens is 344 g/mol. The van der Waals surface area contributed by atoms with E-state index in [9.17, 15) is 0 Å². The SMILES string of the molecule is Cc1ccc2c(c1)Oc1c(C)cncc1N2c1c(C)cc(C(C)(C)C)cc1C. The lowest BCUT2D eigenvalue weighted by molar-refractivity contribution is 0.472. The fourth-order valence-corrected chi connectivity index (χ4v) is 3.94. The topological polar surface area (TPSA) is 25.4 Å². The minimum Gasteiger partial charge on any atom is -0.453 e. The van der Waals surface area contributed by atoms with Gasteiger partial charge in [-0.1, -0.05) is 39.0 Å². The number of anilines is 3. The van der Waals surface area contributed by atoms with Gasteiger partial charge in [0.15, 0.2) is 11.5 Å². The second kappa shape index (κ2) is 6.37. The number of hydrogen-bond acceptors (Lipinski definition) is 3. The van der Waals surface area contributed by atoms with Crippen molar-refractivity contribution in [2.45, 2.75) is 53.9 Å². The van der Waals surface area contributed by atoms with Crippen molar-refractivity contribution in [3.63, 3.8) is 0 Å². The first kappa shape index (κ1) is 18.5. The molecule has 0 bridgehead atoms. The van der Waals surface area contributed by atoms with Crippen molar-refractivity contribution < 1.29 is 4.74 Å². The van der Waals surface area contributed by atoms with Gasteiger partial charge in [0.25, 0.3) is 0 Å². The van der Waals surface area contributed by atoms with Crippen molar-refractivity contribution >= 4 is 17.1 Å². The Morgan fingerprint density at radius 1 is 0.821 bits per heavy atom. The number of nitrogens with zero attached hydrogens (tertiary/aromatic N) is 2. The molecule has 3 nitrogen and oxygen atoms in total. The summed E-state index contributed by atoms with van der Waals surface area (Å²) in [6, 6.07) is 11.0. The van der Waals surface area contributed by atoms with Crippen molar-refractivity contribution in [3.05, 3.63) is 70.5 Å². The average molecular weight is 373 g/mol. The van der Waals surface area contributed by atoms with Crippen LogP contribution in [0.3, 0.4) is 0 Å². The Morgan fingerprint density at radius 3 is 2.14 bits per heavy atom. The summed E-state index contributed by atoms with van der Waals surface area (Å²) in [6.07, 6.45) is 3.77. The third kappa shape index (κ3) is 2.95. The van der Waals surface area contributed by atoms with Crippen LogP contribution < -0.4 is 9.64 Å². The summed E-state index contributed by atoms with van der Waals surface area (Å²) in [4.78, 5) is 6.77. The predicted molar refractivity (Wildman–Crippen MR) is 117 cm³/mol. The Balaban J connectivity index is 2.00. The van der Waals surface area contributed by atoms with Gasteiger partial charge in [-0.15, -0.1) is 0 Å². The molecule has 4 rings (SSSR count). The molecule has 0 saturated heterocycles. The third-order valence-electron chi connectivity index (χ3n) is 5.45. The third-order valence-corrected chi connectivity index (χ3v) is 5.45. The molecule has 0 N–H and O–H groups in total. The van der Waals surface area contributed by atoms with E-state index in [1.165, 1.54) is 27.9 Å². The second-order valence-electron chi connectivity index (χ2n) is 8.92. The van der Waals surface area contributed by atoms with Crippen LogP contribution in [0.2, 0.25) is 0 Å². The van der Waals surface area contributed by atoms with Gasteiger partial charge in [-0.25, -0.2) is 0 Å². The van der Waals surface area contributed by atoms with Crippen LogP contribution in [-0.4, -0.2) is 4.98 Å². The van der Waals surface area contributed by atoms with Gasteiger partial charge >= 0.3 is 0 Å². The Morgan fingerprint density at radius 2 is 1.50 bits per heavy atom. The van der Waals surface area contributed by atoms with Gasteiger partial charge in [-0.05, 0) is 67.5 Å². The van der Waals surface area contributed by atoms with E-state index in [1.807, 2.05) is 19.3 Å². The van der Waals surface area contributed by atoms with E-state index in [1.54, 1.807) is 0 Å². The van der Waals surface area contributed by atoms with E-state index in [0.29, 0.717) is 0 Å². The average Bonchev–Trinajstić information content (AvgIpc) is 2.60. The lowest BCUT2D eigenvalue weighted by Gasteiger charge is -2.36. The zero-order valence-electron chi connectivity index (χ0n) is 17.8. The summed E-state index contributed by atoms with van der Waals surface area (Å²) in [6.45, 7) is 15.3. The van der Waals surface area contributed by atoms with Gasteiger partial charge in [-0.3, -0.25) is 4.98 Å². The van der Waals surface area contributed by atoms with Crippen molar-refractivity contribution in [2.75, 3.05) is 4.90 Å². The molecule has 28 heavy (non-hydrogen) atoms. The molecule has 0 fully saturated rings. The van der Waals surface area contributed by atoms with Gasteiger partial charge in [0.1, 0.15) is 5.69 Å². The van der Waals surface area contributed by atoms with Crippen LogP contribution in [-0.2, 0) is 5.41 Å². The number of fused-ring (bicyclic) bond motifs is 2. The molecule has 0 saturated carbocycles. The van der Waals surface area contributed by atoms with Crippen LogP contribution in [0.25, 0.3) is 0 Å². The van der Waals surface area contributed by atoms with Gasteiger partial charge in [-0.2, -0.15) is 0 Å². The first-order valence-corrected chi connectivity index (χ1v) is 9.82. The van der Waals surface area contributed by atoms with E-state index in [4.69, 9.17) is 4.74 Å². The zero-order chi connectivity index (χ0) is 20.2. The van der Waals surface area contributed by atoms with Gasteiger partial charge in [0, 0.05) is 11.8 Å². The molecule has 144 valence electrons. The maximum Gasteiger partial charge on any atom is 0.157 e. The molecule has 0 amide bonds. The maximum atomic E-state index is 6.32. The van der Waals surface area contributed by atoms with Crippen molar-refractivity contribution in [2.24, 2.45) is 0 Å². The normalized spacial score (nSPS) is 13.0. The van der Waals surface area contributed by atoms with Gasteiger partial charge in [0.2, 0.25) is 0 Å². The number of pyridine rings is 1. The Kier molecular flexibility index (Phi) is 4.22. The minimum absolute atomic E-state index is 0.115. The molecule has 1 aliphatic rings. The molecule has 0 radical (unpaired) electrons. The predicted octanol–water partition coefficient (Wildman–Crippen LogP) is 7.19. The number of aryl methyl sites for hydroxylation is 4. The van der Waals surface area contributed by atoms with E-state index in [0.717, 1.165) is 28.4 Å². The van der Waals surface area contributed by atoms with E-state index < -0.39 is 0 Å². The van der Waals surface area contributed by atoms with Crippen molar-refractivity contribution in [1.29, 1.82) is 0 Å². The highest BCUT2D eigenvalue weighted by Gasteiger charge is 2.30. The first-order valence-electron chi connectivity index (χ1n) is 9.82. The lowest BCUT2D eigenvalue weighted by atomic mass is 9.84. The molecule has 1 aliphatic heterocycles. The van der Waals surface area contributed by atoms with Crippen LogP contribution >= 0.6 is 0 Å². The number of rotatable bonds is 1. The fourth-order valence-electron chi connectivity index (χ4n) is 3.94. The molecule has 3 aromatic rings. The number of hydrogen-bond donors (Lipinski definition) is 0. The summed E-state index contributed by atoms with van der Waals surface area (Å²) in [5.74, 6) is 1.77. The quantitative estimate of drug-likeness (QED) is 0.353. The Hall–Kier alpha value is -2.81. The van der Waals surface area contributed by atoms with E-state index in [2.05, 4.69) is 81.8 Å². The molecule has 0 aliphatic carbocycles. The highest BCUT2D eigenvalue weighted by molar-refractivity contribution is 5.89. The molecule has 3 heteroatoms. The maximum absolute atomic E-state index is 6.32. The van der Waals surface area contributed by atoms with Gasteiger partial charge in [0.05, 0.1) is 17.6 Å². The molecule has 1 aromatic heterocycles. The molecule has 2 heterocycles. The highest BCUT2D eigenvalue weighted by atomic mass is 16.5. The molecule has 0 unspecified atom stereocenters. The van der Waals surface area contributed by atoms with E-state index in [-0.39, 0.29) is 5.41 Å². The standard InChI is InChI=1S/C25H28N2O/c1-15-8-9-20-22(10-15)28-24-18(4)13-26-14-21(24)27(20)23-16(2)11-19(12-17(23)3)25(5,6)7/h8-14H,1-7H3. The summed E-state index contributed by atoms with van der Waals surface area (Å²) in [7, 11) is 0. The van der Waals surface area contributed by atoms with Crippen LogP contribution in [0, 0.1) is 27.7 Å². The van der Waals surface area contributed by atoms with Gasteiger partial charge < -0.3 is 9.64 Å². The van der Waals surface area contributed by atoms with Crippen LogP contribution in [0.4, 0.5) is 17.1 Å². The summed E-state index contributed by atoms with van der Waals surface area (Å²) < 4.78 is 6.32. The lowest BCUT2D eigenvalue weighted by Crippen LogP contribution is -2.20. The summed E-state index contributed by atoms with van der Waals surface area (Å²) in [5, 5.41) is 0. The smallest absolute Gasteiger partial charge is 0.157 e. The van der Waals surface area contributed by atoms with Crippen LogP contribution in [0.5, 0.6) is 11.5 Å². The Labute approximate surface area is 168 Å². The second-order valence-corrected chi connectivity index (χ2v) is 8.92. The van der Waals surface area contributed by atoms with Crippen LogP contribution in [0.15, 0.2) is 42.7 Å². The number of ether oxygens (including phenoxy) is 1. The molecule has 0 spiro atoms. The number of benzene rings is 2. The molecule has 2 aromatic carbocycles. The summed E-state index contributed by atoms with van der Waals surface area (Å²) in [5.41, 5.74) is 9.45. The number of aromatic nitrogens is 1. The fraction of sp³-hybridized carbons (Fsp3) is 0.320. The Bertz CT molecular complexity index is 1050. The zero-order valence-corrected chi connectivity index (χ0v) is 17.8. The molecule has 0 atom stereocenters. The monoisotopic (exact) mass is 372 g/mol. The minimum atomic E-state index is 0.115. The van der Waals surface area contributed by atoms with E-state index >= 15 is 0 Å². The van der Waals surface area contributed by atoms with Crippen LogP contribution in [0.1, 0.15) is 48.6 Å². The van der Waals surface area contributed by atoms with Crippen molar-refractivity contribution in [1.82, 2.24) is 4.98 Å². The first-order chi connectivity index (χ1) is 13.2. The summed E-state index contributed by atoms with van der Waals surface area (Å²) >= 11 is 0.